The second-order valence-electron chi connectivity index (χ2n) is 7.94. The molecule has 0 radical (unpaired) electrons. The molecule has 1 aliphatic heterocycles. The van der Waals surface area contributed by atoms with E-state index in [1.54, 1.807) is 36.4 Å². The number of benzene rings is 4. The molecule has 0 aromatic heterocycles. The molecule has 2 N–H and O–H groups in total. The molecule has 0 bridgehead atoms. The van der Waals surface area contributed by atoms with E-state index in [0.717, 1.165) is 0 Å². The Bertz CT molecular complexity index is 1840. The summed E-state index contributed by atoms with van der Waals surface area (Å²) < 4.78 is 44.7. The first-order valence-electron chi connectivity index (χ1n) is 10.5. The second-order valence-corrected chi connectivity index (χ2v) is 11.7. The van der Waals surface area contributed by atoms with Crippen LogP contribution in [0.2, 0.25) is 0 Å². The highest BCUT2D eigenvalue weighted by molar-refractivity contribution is 14.1. The highest BCUT2D eigenvalue weighted by atomic mass is 127. The SMILES string of the molecule is O=C(Oc1c(I)cc(S(=O)(=O)O)cc1I)c1ccccc1-c1c2ccc(=O)cc-2oc2cc(O)ccc12. The van der Waals surface area contributed by atoms with Gasteiger partial charge in [-0.25, -0.2) is 4.79 Å². The zero-order valence-corrected chi connectivity index (χ0v) is 23.6. The smallest absolute Gasteiger partial charge is 0.344 e. The predicted octanol–water partition coefficient (Wildman–Crippen LogP) is 5.95. The molecular formula is C26H14I2O8S. The number of halogens is 2. The van der Waals surface area contributed by atoms with Crippen LogP contribution in [0.5, 0.6) is 11.5 Å². The van der Waals surface area contributed by atoms with E-state index < -0.39 is 16.1 Å². The Morgan fingerprint density at radius 1 is 0.892 bits per heavy atom. The lowest BCUT2D eigenvalue weighted by Crippen LogP contribution is -2.13. The van der Waals surface area contributed by atoms with Crippen LogP contribution in [0.4, 0.5) is 0 Å². The number of ether oxygens (including phenoxy) is 1. The van der Waals surface area contributed by atoms with Crippen LogP contribution in [0, 0.1) is 7.14 Å². The minimum atomic E-state index is -4.43. The van der Waals surface area contributed by atoms with Crippen LogP contribution in [0.15, 0.2) is 86.9 Å². The largest absolute Gasteiger partial charge is 0.508 e. The normalized spacial score (nSPS) is 11.6. The monoisotopic (exact) mass is 740 g/mol. The number of aromatic hydroxyl groups is 1. The fourth-order valence-electron chi connectivity index (χ4n) is 3.96. The van der Waals surface area contributed by atoms with Gasteiger partial charge in [0, 0.05) is 28.6 Å². The van der Waals surface area contributed by atoms with Crippen LogP contribution in [0.25, 0.3) is 33.4 Å². The minimum Gasteiger partial charge on any atom is -0.508 e. The maximum absolute atomic E-state index is 13.5. The molecule has 5 rings (SSSR count). The molecular weight excluding hydrogens is 726 g/mol. The van der Waals surface area contributed by atoms with E-state index in [1.165, 1.54) is 36.4 Å². The fourth-order valence-corrected chi connectivity index (χ4v) is 6.90. The Labute approximate surface area is 237 Å². The number of phenolic OH excluding ortho intramolecular Hbond substituents is 1. The standard InChI is InChI=1S/C26H14I2O8S/c27-20-11-15(37(32,33)34)12-21(28)25(20)36-26(31)17-4-2-1-3-16(17)24-18-7-5-13(29)9-22(18)35-23-10-14(30)6-8-19(23)24/h1-12,29H,(H,32,33,34). The van der Waals surface area contributed by atoms with Gasteiger partial charge in [-0.15, -0.1) is 0 Å². The van der Waals surface area contributed by atoms with Gasteiger partial charge in [0.25, 0.3) is 10.1 Å². The van der Waals surface area contributed by atoms with Crippen molar-refractivity contribution in [3.63, 3.8) is 0 Å². The van der Waals surface area contributed by atoms with Crippen LogP contribution in [0.3, 0.4) is 0 Å². The summed E-state index contributed by atoms with van der Waals surface area (Å²) >= 11 is 3.66. The van der Waals surface area contributed by atoms with Gasteiger partial charge in [-0.3, -0.25) is 9.35 Å². The van der Waals surface area contributed by atoms with E-state index in [2.05, 4.69) is 0 Å². The van der Waals surface area contributed by atoms with E-state index in [0.29, 0.717) is 34.8 Å². The summed E-state index contributed by atoms with van der Waals surface area (Å²) in [6.45, 7) is 0. The average Bonchev–Trinajstić information content (AvgIpc) is 2.83. The molecule has 186 valence electrons. The van der Waals surface area contributed by atoms with Gasteiger partial charge in [-0.1, -0.05) is 18.2 Å². The predicted molar refractivity (Wildman–Crippen MR) is 153 cm³/mol. The summed E-state index contributed by atoms with van der Waals surface area (Å²) in [5, 5.41) is 10.6. The average molecular weight is 740 g/mol. The lowest BCUT2D eigenvalue weighted by Gasteiger charge is -2.17. The molecule has 0 fully saturated rings. The molecule has 1 aliphatic carbocycles. The van der Waals surface area contributed by atoms with Crippen molar-refractivity contribution >= 4 is 72.2 Å². The molecule has 1 heterocycles. The molecule has 8 nitrogen and oxygen atoms in total. The second kappa shape index (κ2) is 9.70. The molecule has 0 spiro atoms. The Morgan fingerprint density at radius 2 is 1.59 bits per heavy atom. The van der Waals surface area contributed by atoms with Crippen molar-refractivity contribution in [3.05, 3.63) is 95.7 Å². The van der Waals surface area contributed by atoms with Crippen molar-refractivity contribution in [2.75, 3.05) is 0 Å². The molecule has 3 aromatic carbocycles. The Hall–Kier alpha value is -3.01. The van der Waals surface area contributed by atoms with Gasteiger partial charge in [-0.2, -0.15) is 8.42 Å². The van der Waals surface area contributed by atoms with Gasteiger partial charge in [0.1, 0.15) is 17.1 Å². The third kappa shape index (κ3) is 4.95. The lowest BCUT2D eigenvalue weighted by atomic mass is 9.91. The van der Waals surface area contributed by atoms with Gasteiger partial charge >= 0.3 is 5.97 Å². The fraction of sp³-hybridized carbons (Fsp3) is 0. The molecule has 11 heteroatoms. The van der Waals surface area contributed by atoms with E-state index in [9.17, 15) is 27.7 Å². The minimum absolute atomic E-state index is 0.0231. The Morgan fingerprint density at radius 3 is 2.30 bits per heavy atom. The lowest BCUT2D eigenvalue weighted by molar-refractivity contribution is 0.0732. The highest BCUT2D eigenvalue weighted by Gasteiger charge is 2.24. The summed E-state index contributed by atoms with van der Waals surface area (Å²) in [4.78, 5) is 25.2. The van der Waals surface area contributed by atoms with Crippen molar-refractivity contribution in [2.24, 2.45) is 0 Å². The third-order valence-electron chi connectivity index (χ3n) is 5.56. The summed E-state index contributed by atoms with van der Waals surface area (Å²) in [7, 11) is -4.43. The topological polar surface area (TPSA) is 131 Å². The molecule has 2 aliphatic rings. The number of carbonyl (C=O) groups excluding carboxylic acids is 1. The first-order valence-corrected chi connectivity index (χ1v) is 14.1. The molecule has 0 unspecified atom stereocenters. The van der Waals surface area contributed by atoms with Crippen molar-refractivity contribution in [1.29, 1.82) is 0 Å². The molecule has 0 saturated heterocycles. The highest BCUT2D eigenvalue weighted by Crippen LogP contribution is 2.42. The van der Waals surface area contributed by atoms with Crippen molar-refractivity contribution in [1.82, 2.24) is 0 Å². The number of esters is 1. The van der Waals surface area contributed by atoms with E-state index in [-0.39, 0.29) is 33.1 Å². The number of rotatable bonds is 4. The first kappa shape index (κ1) is 25.6. The van der Waals surface area contributed by atoms with Gasteiger partial charge in [0.15, 0.2) is 11.2 Å². The van der Waals surface area contributed by atoms with E-state index in [1.807, 2.05) is 45.2 Å². The van der Waals surface area contributed by atoms with Gasteiger partial charge in [0.2, 0.25) is 0 Å². The Kier molecular flexibility index (Phi) is 6.72. The van der Waals surface area contributed by atoms with Crippen LogP contribution in [0.1, 0.15) is 10.4 Å². The maximum Gasteiger partial charge on any atom is 0.344 e. The summed E-state index contributed by atoms with van der Waals surface area (Å²) in [6.07, 6.45) is 0. The molecule has 37 heavy (non-hydrogen) atoms. The number of carbonyl (C=O) groups is 1. The van der Waals surface area contributed by atoms with Crippen molar-refractivity contribution < 1.29 is 32.0 Å². The number of hydrogen-bond acceptors (Lipinski definition) is 7. The molecule has 3 aromatic rings. The molecule has 0 amide bonds. The zero-order valence-electron chi connectivity index (χ0n) is 18.4. The van der Waals surface area contributed by atoms with Crippen LogP contribution < -0.4 is 10.2 Å². The Balaban J connectivity index is 1.69. The number of hydrogen-bond donors (Lipinski definition) is 2. The quantitative estimate of drug-likeness (QED) is 0.0761. The third-order valence-corrected chi connectivity index (χ3v) is 7.99. The number of phenols is 1. The van der Waals surface area contributed by atoms with E-state index in [4.69, 9.17) is 9.15 Å². The number of fused-ring (bicyclic) bond motifs is 2. The summed E-state index contributed by atoms with van der Waals surface area (Å²) in [5.74, 6) is -0.293. The first-order chi connectivity index (χ1) is 17.5. The molecule has 0 atom stereocenters. The van der Waals surface area contributed by atoms with E-state index >= 15 is 0 Å². The summed E-state index contributed by atoms with van der Waals surface area (Å²) in [5.41, 5.74) is 1.96. The van der Waals surface area contributed by atoms with Crippen LogP contribution >= 0.6 is 45.2 Å². The van der Waals surface area contributed by atoms with Gasteiger partial charge in [-0.05, 0) is 93.2 Å². The van der Waals surface area contributed by atoms with Gasteiger partial charge in [0.05, 0.1) is 17.6 Å². The zero-order chi connectivity index (χ0) is 26.5. The maximum atomic E-state index is 13.5. The van der Waals surface area contributed by atoms with Crippen LogP contribution in [-0.2, 0) is 10.1 Å². The van der Waals surface area contributed by atoms with Gasteiger partial charge < -0.3 is 14.3 Å². The van der Waals surface area contributed by atoms with Crippen LogP contribution in [-0.4, -0.2) is 24.0 Å². The van der Waals surface area contributed by atoms with Crippen molar-refractivity contribution in [3.8, 4) is 33.9 Å². The van der Waals surface area contributed by atoms with Crippen molar-refractivity contribution in [2.45, 2.75) is 4.90 Å². The summed E-state index contributed by atoms with van der Waals surface area (Å²) in [6, 6.07) is 18.1. The molecule has 0 saturated carbocycles.